The molecule has 108 valence electrons. The predicted molar refractivity (Wildman–Crippen MR) is 87.6 cm³/mol. The van der Waals surface area contributed by atoms with Crippen LogP contribution in [0.1, 0.15) is 35.4 Å². The molecule has 1 aromatic heterocycles. The molecule has 1 N–H and O–H groups in total. The summed E-state index contributed by atoms with van der Waals surface area (Å²) in [6.07, 6.45) is 0. The second kappa shape index (κ2) is 5.74. The van der Waals surface area contributed by atoms with Crippen LogP contribution in [0.4, 0.5) is 0 Å². The Balaban J connectivity index is 2.10. The zero-order valence-corrected chi connectivity index (χ0v) is 12.8. The van der Waals surface area contributed by atoms with Crippen molar-refractivity contribution < 1.29 is 4.42 Å². The van der Waals surface area contributed by atoms with Crippen LogP contribution in [0.15, 0.2) is 52.9 Å². The van der Waals surface area contributed by atoms with Gasteiger partial charge in [0.05, 0.1) is 6.04 Å². The Labute approximate surface area is 125 Å². The maximum absolute atomic E-state index is 6.07. The maximum atomic E-state index is 6.07. The number of benzene rings is 2. The van der Waals surface area contributed by atoms with E-state index in [2.05, 4.69) is 56.4 Å². The zero-order chi connectivity index (χ0) is 14.8. The van der Waals surface area contributed by atoms with Crippen LogP contribution < -0.4 is 5.32 Å². The molecule has 0 amide bonds. The van der Waals surface area contributed by atoms with Crippen molar-refractivity contribution in [2.45, 2.75) is 26.8 Å². The number of hydrogen-bond donors (Lipinski definition) is 1. The lowest BCUT2D eigenvalue weighted by molar-refractivity contribution is 0.476. The van der Waals surface area contributed by atoms with Gasteiger partial charge in [0.25, 0.3) is 0 Å². The van der Waals surface area contributed by atoms with Crippen molar-refractivity contribution in [3.8, 4) is 0 Å². The van der Waals surface area contributed by atoms with Crippen molar-refractivity contribution in [3.63, 3.8) is 0 Å². The van der Waals surface area contributed by atoms with E-state index >= 15 is 0 Å². The van der Waals surface area contributed by atoms with E-state index in [0.29, 0.717) is 0 Å². The van der Waals surface area contributed by atoms with Gasteiger partial charge in [0.15, 0.2) is 0 Å². The summed E-state index contributed by atoms with van der Waals surface area (Å²) in [5.74, 6) is 0.978. The summed E-state index contributed by atoms with van der Waals surface area (Å²) < 4.78 is 6.07. The van der Waals surface area contributed by atoms with Gasteiger partial charge in [-0.2, -0.15) is 0 Å². The quantitative estimate of drug-likeness (QED) is 0.745. The van der Waals surface area contributed by atoms with Gasteiger partial charge < -0.3 is 9.73 Å². The predicted octanol–water partition coefficient (Wildman–Crippen LogP) is 4.75. The van der Waals surface area contributed by atoms with Crippen LogP contribution >= 0.6 is 0 Å². The summed E-state index contributed by atoms with van der Waals surface area (Å²) in [4.78, 5) is 0. The Morgan fingerprint density at radius 1 is 1.05 bits per heavy atom. The van der Waals surface area contributed by atoms with Gasteiger partial charge in [-0.25, -0.2) is 0 Å². The molecule has 0 bridgehead atoms. The highest BCUT2D eigenvalue weighted by atomic mass is 16.3. The number of rotatable bonds is 4. The highest BCUT2D eigenvalue weighted by molar-refractivity contribution is 5.78. The summed E-state index contributed by atoms with van der Waals surface area (Å²) in [6, 6.07) is 17.0. The number of fused-ring (bicyclic) bond motifs is 1. The molecule has 1 unspecified atom stereocenters. The lowest BCUT2D eigenvalue weighted by atomic mass is 9.97. The van der Waals surface area contributed by atoms with Gasteiger partial charge >= 0.3 is 0 Å². The average molecular weight is 279 g/mol. The second-order valence-corrected chi connectivity index (χ2v) is 5.54. The lowest BCUT2D eigenvalue weighted by Gasteiger charge is -2.19. The van der Waals surface area contributed by atoms with Gasteiger partial charge in [-0.15, -0.1) is 0 Å². The highest BCUT2D eigenvalue weighted by Gasteiger charge is 2.19. The molecule has 0 aliphatic heterocycles. The molecule has 0 spiro atoms. The van der Waals surface area contributed by atoms with E-state index in [4.69, 9.17) is 4.42 Å². The number of furan rings is 1. The molecule has 3 rings (SSSR count). The van der Waals surface area contributed by atoms with Gasteiger partial charge in [-0.3, -0.25) is 0 Å². The minimum Gasteiger partial charge on any atom is -0.459 e. The third-order valence-corrected chi connectivity index (χ3v) is 3.88. The standard InChI is InChI=1S/C19H21NO/c1-4-20-19(16-11-13(2)9-10-14(16)3)18-12-15-7-5-6-8-17(15)21-18/h5-12,19-20H,4H2,1-3H3. The first-order chi connectivity index (χ1) is 10.2. The number of para-hydroxylation sites is 1. The summed E-state index contributed by atoms with van der Waals surface area (Å²) in [5, 5.41) is 4.70. The smallest absolute Gasteiger partial charge is 0.134 e. The van der Waals surface area contributed by atoms with E-state index in [0.717, 1.165) is 23.3 Å². The fourth-order valence-corrected chi connectivity index (χ4v) is 2.78. The van der Waals surface area contributed by atoms with Crippen molar-refractivity contribution in [1.82, 2.24) is 5.32 Å². The van der Waals surface area contributed by atoms with Crippen molar-refractivity contribution in [2.75, 3.05) is 6.54 Å². The monoisotopic (exact) mass is 279 g/mol. The number of hydrogen-bond acceptors (Lipinski definition) is 2. The molecule has 1 atom stereocenters. The summed E-state index contributed by atoms with van der Waals surface area (Å²) in [7, 11) is 0. The Morgan fingerprint density at radius 3 is 2.62 bits per heavy atom. The highest BCUT2D eigenvalue weighted by Crippen LogP contribution is 2.30. The summed E-state index contributed by atoms with van der Waals surface area (Å²) in [5.41, 5.74) is 4.79. The number of nitrogens with one attached hydrogen (secondary N) is 1. The normalized spacial score (nSPS) is 12.7. The molecule has 0 radical (unpaired) electrons. The molecular formula is C19H21NO. The van der Waals surface area contributed by atoms with Gasteiger partial charge in [-0.1, -0.05) is 48.9 Å². The van der Waals surface area contributed by atoms with E-state index in [1.165, 1.54) is 16.7 Å². The first kappa shape index (κ1) is 13.9. The first-order valence-electron chi connectivity index (χ1n) is 7.48. The van der Waals surface area contributed by atoms with E-state index in [9.17, 15) is 0 Å². The van der Waals surface area contributed by atoms with Crippen molar-refractivity contribution in [2.24, 2.45) is 0 Å². The average Bonchev–Trinajstić information content (AvgIpc) is 2.91. The minimum atomic E-state index is 0.0994. The third-order valence-electron chi connectivity index (χ3n) is 3.88. The Hall–Kier alpha value is -2.06. The van der Waals surface area contributed by atoms with Gasteiger partial charge in [0, 0.05) is 5.39 Å². The molecule has 2 nitrogen and oxygen atoms in total. The SMILES string of the molecule is CCNC(c1cc2ccccc2o1)c1cc(C)ccc1C. The van der Waals surface area contributed by atoms with Crippen LogP contribution in [0, 0.1) is 13.8 Å². The molecule has 0 aliphatic rings. The van der Waals surface area contributed by atoms with E-state index < -0.39 is 0 Å². The van der Waals surface area contributed by atoms with Crippen LogP contribution in [-0.4, -0.2) is 6.54 Å². The van der Waals surface area contributed by atoms with Crippen molar-refractivity contribution in [3.05, 3.63) is 71.0 Å². The van der Waals surface area contributed by atoms with Gasteiger partial charge in [0.2, 0.25) is 0 Å². The Morgan fingerprint density at radius 2 is 1.86 bits per heavy atom. The van der Waals surface area contributed by atoms with Crippen LogP contribution in [0.5, 0.6) is 0 Å². The van der Waals surface area contributed by atoms with E-state index in [-0.39, 0.29) is 6.04 Å². The van der Waals surface area contributed by atoms with Crippen LogP contribution in [0.2, 0.25) is 0 Å². The minimum absolute atomic E-state index is 0.0994. The van der Waals surface area contributed by atoms with Crippen LogP contribution in [-0.2, 0) is 0 Å². The molecule has 0 aliphatic carbocycles. The Kier molecular flexibility index (Phi) is 3.80. The lowest BCUT2D eigenvalue weighted by Crippen LogP contribution is -2.22. The van der Waals surface area contributed by atoms with E-state index in [1.54, 1.807) is 0 Å². The maximum Gasteiger partial charge on any atom is 0.134 e. The van der Waals surface area contributed by atoms with Gasteiger partial charge in [-0.05, 0) is 43.7 Å². The topological polar surface area (TPSA) is 25.2 Å². The van der Waals surface area contributed by atoms with Crippen molar-refractivity contribution >= 4 is 11.0 Å². The zero-order valence-electron chi connectivity index (χ0n) is 12.8. The molecule has 2 heteroatoms. The Bertz CT molecular complexity index is 724. The van der Waals surface area contributed by atoms with E-state index in [1.807, 2.05) is 18.2 Å². The molecule has 0 saturated carbocycles. The van der Waals surface area contributed by atoms with Crippen LogP contribution in [0.3, 0.4) is 0 Å². The van der Waals surface area contributed by atoms with Crippen LogP contribution in [0.25, 0.3) is 11.0 Å². The molecular weight excluding hydrogens is 258 g/mol. The fraction of sp³-hybridized carbons (Fsp3) is 0.263. The largest absolute Gasteiger partial charge is 0.459 e. The molecule has 0 saturated heterocycles. The first-order valence-corrected chi connectivity index (χ1v) is 7.48. The third kappa shape index (κ3) is 2.72. The second-order valence-electron chi connectivity index (χ2n) is 5.54. The van der Waals surface area contributed by atoms with Crippen molar-refractivity contribution in [1.29, 1.82) is 0 Å². The molecule has 0 fully saturated rings. The summed E-state index contributed by atoms with van der Waals surface area (Å²) >= 11 is 0. The number of aryl methyl sites for hydroxylation is 2. The molecule has 3 aromatic rings. The molecule has 2 aromatic carbocycles. The molecule has 21 heavy (non-hydrogen) atoms. The summed E-state index contributed by atoms with van der Waals surface area (Å²) in [6.45, 7) is 7.31. The fourth-order valence-electron chi connectivity index (χ4n) is 2.78. The molecule has 1 heterocycles. The van der Waals surface area contributed by atoms with Gasteiger partial charge in [0.1, 0.15) is 11.3 Å².